The third kappa shape index (κ3) is 3.49. The Labute approximate surface area is 121 Å². The van der Waals surface area contributed by atoms with Gasteiger partial charge in [0.15, 0.2) is 0 Å². The minimum absolute atomic E-state index is 0.330. The van der Waals surface area contributed by atoms with E-state index in [2.05, 4.69) is 0 Å². The van der Waals surface area contributed by atoms with Crippen molar-refractivity contribution >= 4 is 29.2 Å². The molecule has 19 heavy (non-hydrogen) atoms. The molecule has 98 valence electrons. The van der Waals surface area contributed by atoms with E-state index in [0.29, 0.717) is 21.4 Å². The fourth-order valence-electron chi connectivity index (χ4n) is 1.78. The van der Waals surface area contributed by atoms with Gasteiger partial charge in [-0.05, 0) is 55.3 Å². The van der Waals surface area contributed by atoms with Gasteiger partial charge in [0.2, 0.25) is 0 Å². The molecule has 0 radical (unpaired) electrons. The highest BCUT2D eigenvalue weighted by Crippen LogP contribution is 2.24. The monoisotopic (exact) mass is 294 g/mol. The Hall–Kier alpha value is -1.51. The molecule has 0 saturated heterocycles. The van der Waals surface area contributed by atoms with Crippen LogP contribution in [0.4, 0.5) is 0 Å². The lowest BCUT2D eigenvalue weighted by Crippen LogP contribution is -2.08. The Morgan fingerprint density at radius 3 is 2.16 bits per heavy atom. The molecule has 0 aromatic heterocycles. The van der Waals surface area contributed by atoms with Gasteiger partial charge in [0.25, 0.3) is 0 Å². The summed E-state index contributed by atoms with van der Waals surface area (Å²) in [4.78, 5) is 12.0. The largest absolute Gasteiger partial charge is 0.423 e. The van der Waals surface area contributed by atoms with Crippen LogP contribution >= 0.6 is 23.2 Å². The minimum Gasteiger partial charge on any atom is -0.423 e. The fraction of sp³-hybridized carbons (Fsp3) is 0.133. The summed E-state index contributed by atoms with van der Waals surface area (Å²) in [5, 5.41) is 0.737. The molecular weight excluding hydrogens is 283 g/mol. The van der Waals surface area contributed by atoms with Gasteiger partial charge in [-0.15, -0.1) is 0 Å². The number of hydrogen-bond donors (Lipinski definition) is 0. The zero-order valence-corrected chi connectivity index (χ0v) is 12.0. The van der Waals surface area contributed by atoms with Gasteiger partial charge in [-0.1, -0.05) is 29.3 Å². The molecule has 0 aliphatic carbocycles. The number of carbonyl (C=O) groups is 1. The van der Waals surface area contributed by atoms with Gasteiger partial charge in [-0.2, -0.15) is 0 Å². The normalized spacial score (nSPS) is 10.3. The molecule has 0 fully saturated rings. The van der Waals surface area contributed by atoms with Crippen LogP contribution in [-0.4, -0.2) is 5.97 Å². The third-order valence-electron chi connectivity index (χ3n) is 2.56. The average molecular weight is 295 g/mol. The van der Waals surface area contributed by atoms with Crippen molar-refractivity contribution in [3.8, 4) is 5.75 Å². The molecule has 4 heteroatoms. The van der Waals surface area contributed by atoms with Gasteiger partial charge in [0.1, 0.15) is 5.75 Å². The zero-order valence-electron chi connectivity index (χ0n) is 10.5. The maximum atomic E-state index is 12.0. The first-order valence-corrected chi connectivity index (χ1v) is 6.47. The summed E-state index contributed by atoms with van der Waals surface area (Å²) in [6.07, 6.45) is 0. The minimum atomic E-state index is -0.455. The van der Waals surface area contributed by atoms with E-state index in [1.807, 2.05) is 32.0 Å². The van der Waals surface area contributed by atoms with Gasteiger partial charge in [-0.3, -0.25) is 0 Å². The molecule has 0 atom stereocenters. The second kappa shape index (κ2) is 5.64. The first-order valence-electron chi connectivity index (χ1n) is 5.71. The number of esters is 1. The summed E-state index contributed by atoms with van der Waals surface area (Å²) in [5.41, 5.74) is 2.45. The molecule has 2 rings (SSSR count). The number of halogens is 2. The average Bonchev–Trinajstić information content (AvgIpc) is 2.31. The molecule has 0 aliphatic rings. The molecule has 2 nitrogen and oxygen atoms in total. The Morgan fingerprint density at radius 1 is 0.947 bits per heavy atom. The van der Waals surface area contributed by atoms with E-state index < -0.39 is 5.97 Å². The van der Waals surface area contributed by atoms with Gasteiger partial charge in [-0.25, -0.2) is 4.79 Å². The molecule has 0 N–H and O–H groups in total. The summed E-state index contributed by atoms with van der Waals surface area (Å²) < 4.78 is 5.32. The van der Waals surface area contributed by atoms with E-state index >= 15 is 0 Å². The number of benzene rings is 2. The van der Waals surface area contributed by atoms with E-state index in [9.17, 15) is 4.79 Å². The number of hydrogen-bond acceptors (Lipinski definition) is 2. The van der Waals surface area contributed by atoms with Crippen molar-refractivity contribution in [1.82, 2.24) is 0 Å². The van der Waals surface area contributed by atoms with Crippen LogP contribution in [0.25, 0.3) is 0 Å². The Balaban J connectivity index is 2.22. The first-order chi connectivity index (χ1) is 8.95. The molecule has 2 aromatic rings. The lowest BCUT2D eigenvalue weighted by molar-refractivity contribution is 0.0734. The molecule has 0 saturated carbocycles. The van der Waals surface area contributed by atoms with Crippen LogP contribution in [0.5, 0.6) is 5.75 Å². The predicted molar refractivity (Wildman–Crippen MR) is 77.3 cm³/mol. The van der Waals surface area contributed by atoms with Crippen molar-refractivity contribution in [3.63, 3.8) is 0 Å². The summed E-state index contributed by atoms with van der Waals surface area (Å²) in [7, 11) is 0. The highest BCUT2D eigenvalue weighted by Gasteiger charge is 2.11. The first kappa shape index (κ1) is 13.9. The predicted octanol–water partition coefficient (Wildman–Crippen LogP) is 4.83. The van der Waals surface area contributed by atoms with Crippen molar-refractivity contribution in [2.24, 2.45) is 0 Å². The number of carbonyl (C=O) groups excluding carboxylic acids is 1. The summed E-state index contributed by atoms with van der Waals surface area (Å²) in [6, 6.07) is 10.3. The van der Waals surface area contributed by atoms with E-state index in [1.54, 1.807) is 12.1 Å². The van der Waals surface area contributed by atoms with E-state index in [1.165, 1.54) is 6.07 Å². The van der Waals surface area contributed by atoms with Gasteiger partial charge in [0, 0.05) is 0 Å². The second-order valence-electron chi connectivity index (χ2n) is 4.34. The van der Waals surface area contributed by atoms with Gasteiger partial charge >= 0.3 is 5.97 Å². The van der Waals surface area contributed by atoms with E-state index in [0.717, 1.165) is 11.1 Å². The highest BCUT2D eigenvalue weighted by molar-refractivity contribution is 6.42. The molecule has 0 unspecified atom stereocenters. The lowest BCUT2D eigenvalue weighted by atomic mass is 10.1. The van der Waals surface area contributed by atoms with Crippen molar-refractivity contribution in [2.75, 3.05) is 0 Å². The zero-order chi connectivity index (χ0) is 14.0. The Kier molecular flexibility index (Phi) is 4.13. The van der Waals surface area contributed by atoms with Gasteiger partial charge in [0.05, 0.1) is 15.6 Å². The molecular formula is C15H12Cl2O2. The molecule has 0 heterocycles. The van der Waals surface area contributed by atoms with Crippen LogP contribution < -0.4 is 4.74 Å². The van der Waals surface area contributed by atoms with Crippen LogP contribution in [0.3, 0.4) is 0 Å². The van der Waals surface area contributed by atoms with E-state index in [4.69, 9.17) is 27.9 Å². The van der Waals surface area contributed by atoms with Crippen LogP contribution in [0.15, 0.2) is 36.4 Å². The molecule has 0 bridgehead atoms. The third-order valence-corrected chi connectivity index (χ3v) is 3.30. The topological polar surface area (TPSA) is 26.3 Å². The fourth-order valence-corrected chi connectivity index (χ4v) is 2.08. The van der Waals surface area contributed by atoms with Crippen LogP contribution in [0.2, 0.25) is 10.0 Å². The standard InChI is InChI=1S/C15H12Cl2O2/c1-9-5-10(2)7-12(6-9)19-15(18)11-3-4-13(16)14(17)8-11/h3-8H,1-2H3. The van der Waals surface area contributed by atoms with Crippen molar-refractivity contribution in [3.05, 3.63) is 63.1 Å². The van der Waals surface area contributed by atoms with Gasteiger partial charge < -0.3 is 4.74 Å². The quantitative estimate of drug-likeness (QED) is 0.586. The molecule has 0 spiro atoms. The lowest BCUT2D eigenvalue weighted by Gasteiger charge is -2.07. The smallest absolute Gasteiger partial charge is 0.343 e. The number of ether oxygens (including phenoxy) is 1. The Bertz CT molecular complexity index is 616. The molecule has 2 aromatic carbocycles. The number of rotatable bonds is 2. The molecule has 0 aliphatic heterocycles. The maximum Gasteiger partial charge on any atom is 0.343 e. The maximum absolute atomic E-state index is 12.0. The van der Waals surface area contributed by atoms with Crippen LogP contribution in [0, 0.1) is 13.8 Å². The summed E-state index contributed by atoms with van der Waals surface area (Å²) in [5.74, 6) is 0.0668. The van der Waals surface area contributed by atoms with Crippen LogP contribution in [0.1, 0.15) is 21.5 Å². The van der Waals surface area contributed by atoms with Crippen molar-refractivity contribution < 1.29 is 9.53 Å². The van der Waals surface area contributed by atoms with E-state index in [-0.39, 0.29) is 0 Å². The number of aryl methyl sites for hydroxylation is 2. The molecule has 0 amide bonds. The highest BCUT2D eigenvalue weighted by atomic mass is 35.5. The SMILES string of the molecule is Cc1cc(C)cc(OC(=O)c2ccc(Cl)c(Cl)c2)c1. The van der Waals surface area contributed by atoms with Crippen molar-refractivity contribution in [1.29, 1.82) is 0 Å². The summed E-state index contributed by atoms with van der Waals surface area (Å²) >= 11 is 11.7. The Morgan fingerprint density at radius 2 is 1.58 bits per heavy atom. The van der Waals surface area contributed by atoms with Crippen LogP contribution in [-0.2, 0) is 0 Å². The second-order valence-corrected chi connectivity index (χ2v) is 5.16. The summed E-state index contributed by atoms with van der Waals surface area (Å²) in [6.45, 7) is 3.90. The van der Waals surface area contributed by atoms with Crippen molar-refractivity contribution in [2.45, 2.75) is 13.8 Å².